The Morgan fingerprint density at radius 3 is 2.58 bits per heavy atom. The molecule has 0 amide bonds. The summed E-state index contributed by atoms with van der Waals surface area (Å²) in [5, 5.41) is -0.361. The number of hydrogen-bond acceptors (Lipinski definition) is 5. The van der Waals surface area contributed by atoms with Gasteiger partial charge in [-0.15, -0.1) is 0 Å². The van der Waals surface area contributed by atoms with Crippen LogP contribution in [0, 0.1) is 11.6 Å². The van der Waals surface area contributed by atoms with E-state index in [2.05, 4.69) is 9.97 Å². The fourth-order valence-corrected chi connectivity index (χ4v) is 3.23. The summed E-state index contributed by atoms with van der Waals surface area (Å²) in [7, 11) is -3.61. The van der Waals surface area contributed by atoms with Crippen molar-refractivity contribution in [2.75, 3.05) is 12.8 Å². The van der Waals surface area contributed by atoms with Crippen molar-refractivity contribution in [2.24, 2.45) is 0 Å². The first kappa shape index (κ1) is 16.7. The third kappa shape index (κ3) is 3.22. The molecular weight excluding hydrogens is 340 g/mol. The molecule has 0 aliphatic carbocycles. The standard InChI is InChI=1S/C15H15F2N3O3S/c1-24(22,23)15-18-13-5-6-20(8-10(13)14(21)19-15)7-9-11(16)3-2-4-12(9)17/h2-4H,5-8H2,1H3,(H,18,19,21). The van der Waals surface area contributed by atoms with Gasteiger partial charge in [0, 0.05) is 37.9 Å². The van der Waals surface area contributed by atoms with Crippen LogP contribution >= 0.6 is 0 Å². The van der Waals surface area contributed by atoms with Gasteiger partial charge in [-0.1, -0.05) is 6.07 Å². The van der Waals surface area contributed by atoms with Crippen LogP contribution < -0.4 is 5.56 Å². The van der Waals surface area contributed by atoms with Crippen LogP contribution in [0.5, 0.6) is 0 Å². The molecule has 0 spiro atoms. The molecule has 24 heavy (non-hydrogen) atoms. The van der Waals surface area contributed by atoms with Crippen LogP contribution in [0.4, 0.5) is 8.78 Å². The van der Waals surface area contributed by atoms with Crippen molar-refractivity contribution >= 4 is 9.84 Å². The van der Waals surface area contributed by atoms with Gasteiger partial charge in [-0.2, -0.15) is 0 Å². The van der Waals surface area contributed by atoms with Crippen molar-refractivity contribution < 1.29 is 17.2 Å². The molecule has 0 radical (unpaired) electrons. The molecule has 1 aliphatic heterocycles. The van der Waals surface area contributed by atoms with Gasteiger partial charge in [-0.25, -0.2) is 22.2 Å². The minimum atomic E-state index is -3.61. The zero-order valence-corrected chi connectivity index (χ0v) is 13.7. The quantitative estimate of drug-likeness (QED) is 0.831. The Morgan fingerprint density at radius 2 is 1.96 bits per heavy atom. The second-order valence-electron chi connectivity index (χ2n) is 5.73. The Morgan fingerprint density at radius 1 is 1.29 bits per heavy atom. The molecule has 2 aromatic rings. The number of rotatable bonds is 3. The summed E-state index contributed by atoms with van der Waals surface area (Å²) in [6.45, 7) is 0.584. The normalized spacial score (nSPS) is 15.3. The summed E-state index contributed by atoms with van der Waals surface area (Å²) < 4.78 is 50.6. The summed E-state index contributed by atoms with van der Waals surface area (Å²) >= 11 is 0. The van der Waals surface area contributed by atoms with E-state index in [0.717, 1.165) is 6.26 Å². The topological polar surface area (TPSA) is 83.1 Å². The summed E-state index contributed by atoms with van der Waals surface area (Å²) in [6, 6.07) is 3.66. The lowest BCUT2D eigenvalue weighted by Gasteiger charge is -2.27. The van der Waals surface area contributed by atoms with E-state index in [9.17, 15) is 22.0 Å². The van der Waals surface area contributed by atoms with E-state index in [1.165, 1.54) is 18.2 Å². The van der Waals surface area contributed by atoms with Crippen molar-refractivity contribution in [2.45, 2.75) is 24.7 Å². The highest BCUT2D eigenvalue weighted by Gasteiger charge is 2.24. The van der Waals surface area contributed by atoms with Gasteiger partial charge in [-0.3, -0.25) is 14.7 Å². The predicted molar refractivity (Wildman–Crippen MR) is 82.1 cm³/mol. The van der Waals surface area contributed by atoms with E-state index in [4.69, 9.17) is 0 Å². The first-order valence-corrected chi connectivity index (χ1v) is 9.12. The molecule has 1 aliphatic rings. The molecule has 6 nitrogen and oxygen atoms in total. The summed E-state index contributed by atoms with van der Waals surface area (Å²) in [5.74, 6) is -1.28. The average molecular weight is 355 g/mol. The van der Waals surface area contributed by atoms with Gasteiger partial charge in [0.2, 0.25) is 15.0 Å². The molecule has 9 heteroatoms. The Bertz CT molecular complexity index is 937. The van der Waals surface area contributed by atoms with E-state index in [0.29, 0.717) is 24.2 Å². The smallest absolute Gasteiger partial charge is 0.256 e. The number of aromatic nitrogens is 2. The zero-order valence-electron chi connectivity index (χ0n) is 12.8. The van der Waals surface area contributed by atoms with Gasteiger partial charge in [0.25, 0.3) is 5.56 Å². The number of fused-ring (bicyclic) bond motifs is 1. The largest absolute Gasteiger partial charge is 0.297 e. The molecular formula is C15H15F2N3O3S. The Hall–Kier alpha value is -2.13. The summed E-state index contributed by atoms with van der Waals surface area (Å²) in [6.07, 6.45) is 1.30. The fourth-order valence-electron chi connectivity index (χ4n) is 2.68. The van der Waals surface area contributed by atoms with Crippen molar-refractivity contribution in [3.05, 3.63) is 57.0 Å². The fraction of sp³-hybridized carbons (Fsp3) is 0.333. The number of nitrogens with one attached hydrogen (secondary N) is 1. The zero-order chi connectivity index (χ0) is 17.5. The predicted octanol–water partition coefficient (Wildman–Crippen LogP) is 1.01. The molecule has 0 unspecified atom stereocenters. The minimum Gasteiger partial charge on any atom is -0.297 e. The highest BCUT2D eigenvalue weighted by atomic mass is 32.2. The molecule has 0 saturated heterocycles. The molecule has 0 saturated carbocycles. The molecule has 0 fully saturated rings. The SMILES string of the molecule is CS(=O)(=O)c1nc2c(c(=O)[nH]1)CN(Cc1c(F)cccc1F)CC2. The number of hydrogen-bond donors (Lipinski definition) is 1. The number of aromatic amines is 1. The molecule has 1 aromatic heterocycles. The number of benzene rings is 1. The van der Waals surface area contributed by atoms with Crippen LogP contribution in [-0.2, 0) is 29.3 Å². The molecule has 0 bridgehead atoms. The Labute approximate surface area is 137 Å². The lowest BCUT2D eigenvalue weighted by Crippen LogP contribution is -2.36. The van der Waals surface area contributed by atoms with Crippen LogP contribution in [0.25, 0.3) is 0 Å². The Kier molecular flexibility index (Phi) is 4.22. The van der Waals surface area contributed by atoms with Gasteiger partial charge < -0.3 is 0 Å². The summed E-state index contributed by atoms with van der Waals surface area (Å²) in [4.78, 5) is 20.1. The number of nitrogens with zero attached hydrogens (tertiary/aromatic N) is 2. The lowest BCUT2D eigenvalue weighted by molar-refractivity contribution is 0.234. The highest BCUT2D eigenvalue weighted by Crippen LogP contribution is 2.20. The molecule has 0 atom stereocenters. The number of H-pyrrole nitrogens is 1. The first-order valence-electron chi connectivity index (χ1n) is 7.23. The maximum Gasteiger partial charge on any atom is 0.256 e. The van der Waals surface area contributed by atoms with Crippen LogP contribution in [0.3, 0.4) is 0 Å². The lowest BCUT2D eigenvalue weighted by atomic mass is 10.1. The average Bonchev–Trinajstić information content (AvgIpc) is 2.50. The molecule has 2 heterocycles. The Balaban J connectivity index is 1.89. The monoisotopic (exact) mass is 355 g/mol. The maximum atomic E-state index is 13.8. The molecule has 3 rings (SSSR count). The van der Waals surface area contributed by atoms with Crippen molar-refractivity contribution in [3.63, 3.8) is 0 Å². The third-order valence-corrected chi connectivity index (χ3v) is 4.82. The molecule has 1 N–H and O–H groups in total. The van der Waals surface area contributed by atoms with Gasteiger partial charge in [0.15, 0.2) is 0 Å². The van der Waals surface area contributed by atoms with Crippen molar-refractivity contribution in [1.82, 2.24) is 14.9 Å². The van der Waals surface area contributed by atoms with E-state index < -0.39 is 27.0 Å². The van der Waals surface area contributed by atoms with Gasteiger partial charge in [0.05, 0.1) is 11.3 Å². The van der Waals surface area contributed by atoms with E-state index >= 15 is 0 Å². The van der Waals surface area contributed by atoms with Crippen molar-refractivity contribution in [1.29, 1.82) is 0 Å². The first-order chi connectivity index (χ1) is 11.3. The van der Waals surface area contributed by atoms with Gasteiger partial charge in [0.1, 0.15) is 11.6 Å². The number of sulfone groups is 1. The van der Waals surface area contributed by atoms with E-state index in [-0.39, 0.29) is 23.8 Å². The summed E-state index contributed by atoms with van der Waals surface area (Å²) in [5.41, 5.74) is 0.132. The van der Waals surface area contributed by atoms with Crippen LogP contribution in [-0.4, -0.2) is 36.1 Å². The minimum absolute atomic E-state index is 0.0191. The third-order valence-electron chi connectivity index (χ3n) is 3.92. The maximum absolute atomic E-state index is 13.8. The van der Waals surface area contributed by atoms with Gasteiger partial charge >= 0.3 is 0 Å². The second kappa shape index (κ2) is 6.06. The second-order valence-corrected chi connectivity index (χ2v) is 7.66. The highest BCUT2D eigenvalue weighted by molar-refractivity contribution is 7.90. The van der Waals surface area contributed by atoms with Gasteiger partial charge in [-0.05, 0) is 12.1 Å². The van der Waals surface area contributed by atoms with Crippen LogP contribution in [0.1, 0.15) is 16.8 Å². The van der Waals surface area contributed by atoms with E-state index in [1.54, 1.807) is 4.90 Å². The van der Waals surface area contributed by atoms with Crippen molar-refractivity contribution in [3.8, 4) is 0 Å². The molecule has 1 aromatic carbocycles. The van der Waals surface area contributed by atoms with Crippen LogP contribution in [0.2, 0.25) is 0 Å². The van der Waals surface area contributed by atoms with E-state index in [1.807, 2.05) is 0 Å². The molecule has 128 valence electrons. The van der Waals surface area contributed by atoms with Crippen LogP contribution in [0.15, 0.2) is 28.2 Å². The number of halogens is 2.